The first-order chi connectivity index (χ1) is 13.6. The standard InChI is InChI=1S/C20H24N4O4/c1-2-27-19(25)15-6-4-10-24(12-15)20(26)21-16-7-3-5-14(11-16)18-22-17(23-28-18)13-8-9-13/h3,5,7,11,13,15H,2,4,6,8-10,12H2,1H3,(H,21,26). The zero-order chi connectivity index (χ0) is 19.5. The Bertz CT molecular complexity index is 861. The molecule has 1 aromatic heterocycles. The first-order valence-corrected chi connectivity index (χ1v) is 9.80. The van der Waals surface area contributed by atoms with E-state index in [1.807, 2.05) is 24.3 Å². The van der Waals surface area contributed by atoms with Gasteiger partial charge >= 0.3 is 12.0 Å². The molecule has 2 aliphatic rings. The van der Waals surface area contributed by atoms with Crippen molar-refractivity contribution in [3.8, 4) is 11.5 Å². The average Bonchev–Trinajstić information content (AvgIpc) is 3.45. The molecule has 0 spiro atoms. The van der Waals surface area contributed by atoms with E-state index in [4.69, 9.17) is 9.26 Å². The molecule has 1 aliphatic carbocycles. The molecule has 2 fully saturated rings. The number of aromatic nitrogens is 2. The number of nitrogens with zero attached hydrogens (tertiary/aromatic N) is 3. The number of ether oxygens (including phenoxy) is 1. The van der Waals surface area contributed by atoms with E-state index in [1.165, 1.54) is 0 Å². The molecule has 8 heteroatoms. The minimum atomic E-state index is -0.259. The normalized spacial score (nSPS) is 19.3. The van der Waals surface area contributed by atoms with Crippen LogP contribution >= 0.6 is 0 Å². The molecule has 1 aliphatic heterocycles. The maximum atomic E-state index is 12.7. The second-order valence-electron chi connectivity index (χ2n) is 7.28. The number of benzene rings is 1. The van der Waals surface area contributed by atoms with Crippen LogP contribution in [0.2, 0.25) is 0 Å². The maximum absolute atomic E-state index is 12.7. The molecule has 1 aromatic carbocycles. The van der Waals surface area contributed by atoms with Crippen molar-refractivity contribution in [1.82, 2.24) is 15.0 Å². The molecule has 1 atom stereocenters. The smallest absolute Gasteiger partial charge is 0.321 e. The van der Waals surface area contributed by atoms with Gasteiger partial charge in [0.2, 0.25) is 0 Å². The van der Waals surface area contributed by atoms with E-state index in [9.17, 15) is 9.59 Å². The van der Waals surface area contributed by atoms with Gasteiger partial charge in [0.1, 0.15) is 0 Å². The highest BCUT2D eigenvalue weighted by molar-refractivity contribution is 5.90. The molecule has 2 heterocycles. The Labute approximate surface area is 163 Å². The molecule has 1 saturated heterocycles. The van der Waals surface area contributed by atoms with Crippen molar-refractivity contribution in [2.75, 3.05) is 25.0 Å². The molecule has 1 unspecified atom stereocenters. The lowest BCUT2D eigenvalue weighted by atomic mass is 9.98. The van der Waals surface area contributed by atoms with Crippen molar-refractivity contribution in [3.05, 3.63) is 30.1 Å². The third-order valence-electron chi connectivity index (χ3n) is 5.07. The molecule has 0 radical (unpaired) electrons. The number of esters is 1. The Kier molecular flexibility index (Phi) is 5.27. The summed E-state index contributed by atoms with van der Waals surface area (Å²) < 4.78 is 10.5. The van der Waals surface area contributed by atoms with E-state index >= 15 is 0 Å². The minimum absolute atomic E-state index is 0.227. The zero-order valence-corrected chi connectivity index (χ0v) is 15.9. The summed E-state index contributed by atoms with van der Waals surface area (Å²) in [6, 6.07) is 7.11. The molecule has 2 amide bonds. The van der Waals surface area contributed by atoms with Crippen LogP contribution in [-0.4, -0.2) is 46.7 Å². The van der Waals surface area contributed by atoms with Gasteiger partial charge in [0.15, 0.2) is 5.82 Å². The first kappa shape index (κ1) is 18.5. The summed E-state index contributed by atoms with van der Waals surface area (Å²) >= 11 is 0. The third-order valence-corrected chi connectivity index (χ3v) is 5.07. The topological polar surface area (TPSA) is 97.6 Å². The SMILES string of the molecule is CCOC(=O)C1CCCN(C(=O)Nc2cccc(-c3nc(C4CC4)no3)c2)C1. The Balaban J connectivity index is 1.40. The highest BCUT2D eigenvalue weighted by atomic mass is 16.5. The van der Waals surface area contributed by atoms with Gasteiger partial charge in [-0.15, -0.1) is 0 Å². The van der Waals surface area contributed by atoms with Gasteiger partial charge in [0.25, 0.3) is 5.89 Å². The molecule has 148 valence electrons. The summed E-state index contributed by atoms with van der Waals surface area (Å²) in [7, 11) is 0. The van der Waals surface area contributed by atoms with Gasteiger partial charge in [-0.25, -0.2) is 4.79 Å². The van der Waals surface area contributed by atoms with Crippen LogP contribution in [0.15, 0.2) is 28.8 Å². The lowest BCUT2D eigenvalue weighted by Gasteiger charge is -2.31. The summed E-state index contributed by atoms with van der Waals surface area (Å²) in [5.74, 6) is 1.14. The summed E-state index contributed by atoms with van der Waals surface area (Å²) in [5, 5.41) is 6.93. The fourth-order valence-electron chi connectivity index (χ4n) is 3.41. The Hall–Kier alpha value is -2.90. The summed E-state index contributed by atoms with van der Waals surface area (Å²) in [4.78, 5) is 30.7. The predicted molar refractivity (Wildman–Crippen MR) is 102 cm³/mol. The molecule has 1 saturated carbocycles. The number of carbonyl (C=O) groups is 2. The molecule has 8 nitrogen and oxygen atoms in total. The van der Waals surface area contributed by atoms with Gasteiger partial charge in [-0.2, -0.15) is 4.98 Å². The number of rotatable bonds is 5. The first-order valence-electron chi connectivity index (χ1n) is 9.80. The van der Waals surface area contributed by atoms with Crippen molar-refractivity contribution >= 4 is 17.7 Å². The highest BCUT2D eigenvalue weighted by Gasteiger charge is 2.30. The molecule has 4 rings (SSSR count). The van der Waals surface area contributed by atoms with Crippen molar-refractivity contribution in [2.45, 2.75) is 38.5 Å². The van der Waals surface area contributed by atoms with Crippen LogP contribution in [0.3, 0.4) is 0 Å². The van der Waals surface area contributed by atoms with Gasteiger partial charge in [-0.05, 0) is 50.8 Å². The fraction of sp³-hybridized carbons (Fsp3) is 0.500. The van der Waals surface area contributed by atoms with E-state index in [0.29, 0.717) is 37.2 Å². The van der Waals surface area contributed by atoms with Crippen LogP contribution in [0.25, 0.3) is 11.5 Å². The second kappa shape index (κ2) is 8.00. The monoisotopic (exact) mass is 384 g/mol. The Morgan fingerprint density at radius 3 is 2.96 bits per heavy atom. The van der Waals surface area contributed by atoms with Crippen LogP contribution in [0.4, 0.5) is 10.5 Å². The number of anilines is 1. The van der Waals surface area contributed by atoms with Gasteiger partial charge < -0.3 is 19.5 Å². The molecule has 0 bridgehead atoms. The van der Waals surface area contributed by atoms with Crippen molar-refractivity contribution in [1.29, 1.82) is 0 Å². The molecule has 28 heavy (non-hydrogen) atoms. The van der Waals surface area contributed by atoms with Crippen LogP contribution in [0.1, 0.15) is 44.3 Å². The molecular weight excluding hydrogens is 360 g/mol. The van der Waals surface area contributed by atoms with E-state index in [0.717, 1.165) is 37.1 Å². The predicted octanol–water partition coefficient (Wildman–Crippen LogP) is 3.42. The van der Waals surface area contributed by atoms with E-state index in [-0.39, 0.29) is 17.9 Å². The number of amides is 2. The molecule has 2 aromatic rings. The van der Waals surface area contributed by atoms with Crippen molar-refractivity contribution in [3.63, 3.8) is 0 Å². The molecule has 1 N–H and O–H groups in total. The maximum Gasteiger partial charge on any atom is 0.321 e. The summed E-state index contributed by atoms with van der Waals surface area (Å²) in [6.45, 7) is 3.14. The summed E-state index contributed by atoms with van der Waals surface area (Å²) in [6.07, 6.45) is 3.75. The van der Waals surface area contributed by atoms with E-state index in [1.54, 1.807) is 11.8 Å². The Morgan fingerprint density at radius 2 is 2.18 bits per heavy atom. The minimum Gasteiger partial charge on any atom is -0.466 e. The van der Waals surface area contributed by atoms with Crippen molar-refractivity contribution in [2.24, 2.45) is 5.92 Å². The zero-order valence-electron chi connectivity index (χ0n) is 15.9. The number of nitrogens with one attached hydrogen (secondary N) is 1. The lowest BCUT2D eigenvalue weighted by Crippen LogP contribution is -2.44. The number of hydrogen-bond donors (Lipinski definition) is 1. The molecular formula is C20H24N4O4. The van der Waals surface area contributed by atoms with Crippen molar-refractivity contribution < 1.29 is 18.8 Å². The number of urea groups is 1. The fourth-order valence-corrected chi connectivity index (χ4v) is 3.41. The van der Waals surface area contributed by atoms with E-state index in [2.05, 4.69) is 15.5 Å². The summed E-state index contributed by atoms with van der Waals surface area (Å²) in [5.41, 5.74) is 1.41. The van der Waals surface area contributed by atoms with Crippen LogP contribution in [0.5, 0.6) is 0 Å². The average molecular weight is 384 g/mol. The van der Waals surface area contributed by atoms with Gasteiger partial charge in [-0.3, -0.25) is 4.79 Å². The quantitative estimate of drug-likeness (QED) is 0.793. The largest absolute Gasteiger partial charge is 0.466 e. The Morgan fingerprint density at radius 1 is 1.32 bits per heavy atom. The van der Waals surface area contributed by atoms with Crippen LogP contribution in [0, 0.1) is 5.92 Å². The number of piperidine rings is 1. The lowest BCUT2D eigenvalue weighted by molar-refractivity contribution is -0.149. The van der Waals surface area contributed by atoms with Crippen LogP contribution < -0.4 is 5.32 Å². The van der Waals surface area contributed by atoms with Gasteiger partial charge in [0.05, 0.1) is 12.5 Å². The second-order valence-corrected chi connectivity index (χ2v) is 7.28. The van der Waals surface area contributed by atoms with Gasteiger partial charge in [0, 0.05) is 30.3 Å². The van der Waals surface area contributed by atoms with E-state index < -0.39 is 0 Å². The highest BCUT2D eigenvalue weighted by Crippen LogP contribution is 2.39. The number of likely N-dealkylation sites (tertiary alicyclic amines) is 1. The van der Waals surface area contributed by atoms with Gasteiger partial charge in [-0.1, -0.05) is 11.2 Å². The number of carbonyl (C=O) groups excluding carboxylic acids is 2. The third kappa shape index (κ3) is 4.16. The number of hydrogen-bond acceptors (Lipinski definition) is 6. The van der Waals surface area contributed by atoms with Crippen LogP contribution in [-0.2, 0) is 9.53 Å².